The van der Waals surface area contributed by atoms with Crippen molar-refractivity contribution in [3.8, 4) is 5.75 Å². The van der Waals surface area contributed by atoms with Crippen molar-refractivity contribution < 1.29 is 17.9 Å². The molecule has 0 bridgehead atoms. The fourth-order valence-electron chi connectivity index (χ4n) is 3.78. The largest absolute Gasteiger partial charge is 0.494 e. The standard InChI is InChI=1S/C22H28ClN3O4S/c1-4-30-21-10-8-19(9-11-21)26(31(3,28)29)17(2)22(27)25-14-12-24(13-15-25)20-7-5-6-18(23)16-20/h5-11,16-17H,4,12-15H2,1-3H3/t17-/m1/s1. The molecular weight excluding hydrogens is 438 g/mol. The van der Waals surface area contributed by atoms with Gasteiger partial charge in [0, 0.05) is 36.9 Å². The Kier molecular flexibility index (Phi) is 7.33. The fraction of sp³-hybridized carbons (Fsp3) is 0.409. The second kappa shape index (κ2) is 9.78. The zero-order valence-corrected chi connectivity index (χ0v) is 19.6. The molecule has 0 unspecified atom stereocenters. The van der Waals surface area contributed by atoms with Crippen molar-refractivity contribution in [3.05, 3.63) is 53.6 Å². The summed E-state index contributed by atoms with van der Waals surface area (Å²) >= 11 is 6.09. The summed E-state index contributed by atoms with van der Waals surface area (Å²) in [7, 11) is -3.66. The van der Waals surface area contributed by atoms with Gasteiger partial charge in [0.25, 0.3) is 0 Å². The number of hydrogen-bond donors (Lipinski definition) is 0. The maximum Gasteiger partial charge on any atom is 0.246 e. The molecule has 2 aromatic carbocycles. The molecule has 0 aromatic heterocycles. The maximum absolute atomic E-state index is 13.2. The number of amides is 1. The highest BCUT2D eigenvalue weighted by Gasteiger charge is 2.33. The maximum atomic E-state index is 13.2. The highest BCUT2D eigenvalue weighted by atomic mass is 35.5. The summed E-state index contributed by atoms with van der Waals surface area (Å²) in [6.45, 7) is 6.35. The van der Waals surface area contributed by atoms with Gasteiger partial charge in [-0.15, -0.1) is 0 Å². The number of carbonyl (C=O) groups excluding carboxylic acids is 1. The number of halogens is 1. The highest BCUT2D eigenvalue weighted by molar-refractivity contribution is 7.92. The van der Waals surface area contributed by atoms with Crippen molar-refractivity contribution in [1.29, 1.82) is 0 Å². The first kappa shape index (κ1) is 23.2. The van der Waals surface area contributed by atoms with Gasteiger partial charge >= 0.3 is 0 Å². The van der Waals surface area contributed by atoms with E-state index in [4.69, 9.17) is 16.3 Å². The van der Waals surface area contributed by atoms with Gasteiger partial charge in [-0.1, -0.05) is 17.7 Å². The summed E-state index contributed by atoms with van der Waals surface area (Å²) in [5.74, 6) is 0.431. The van der Waals surface area contributed by atoms with Crippen LogP contribution in [-0.4, -0.2) is 64.3 Å². The molecule has 31 heavy (non-hydrogen) atoms. The van der Waals surface area contributed by atoms with Gasteiger partial charge in [-0.05, 0) is 56.3 Å². The van der Waals surface area contributed by atoms with E-state index in [1.54, 1.807) is 36.1 Å². The number of carbonyl (C=O) groups is 1. The average molecular weight is 466 g/mol. The molecule has 1 amide bonds. The molecule has 1 aliphatic heterocycles. The van der Waals surface area contributed by atoms with E-state index >= 15 is 0 Å². The lowest BCUT2D eigenvalue weighted by atomic mass is 10.2. The van der Waals surface area contributed by atoms with Crippen molar-refractivity contribution in [2.24, 2.45) is 0 Å². The number of benzene rings is 2. The van der Waals surface area contributed by atoms with Gasteiger partial charge in [0.05, 0.1) is 18.6 Å². The Balaban J connectivity index is 1.72. The number of ether oxygens (including phenoxy) is 1. The van der Waals surface area contributed by atoms with E-state index in [9.17, 15) is 13.2 Å². The summed E-state index contributed by atoms with van der Waals surface area (Å²) < 4.78 is 31.7. The van der Waals surface area contributed by atoms with Crippen LogP contribution >= 0.6 is 11.6 Å². The number of piperazine rings is 1. The molecule has 1 heterocycles. The van der Waals surface area contributed by atoms with E-state index in [2.05, 4.69) is 4.90 Å². The smallest absolute Gasteiger partial charge is 0.246 e. The lowest BCUT2D eigenvalue weighted by Crippen LogP contribution is -2.55. The summed E-state index contributed by atoms with van der Waals surface area (Å²) in [5, 5.41) is 0.670. The summed E-state index contributed by atoms with van der Waals surface area (Å²) in [6.07, 6.45) is 1.12. The summed E-state index contributed by atoms with van der Waals surface area (Å²) in [4.78, 5) is 17.1. The predicted molar refractivity (Wildman–Crippen MR) is 125 cm³/mol. The first-order chi connectivity index (χ1) is 14.7. The molecule has 1 fully saturated rings. The van der Waals surface area contributed by atoms with Crippen LogP contribution in [0.15, 0.2) is 48.5 Å². The highest BCUT2D eigenvalue weighted by Crippen LogP contribution is 2.26. The van der Waals surface area contributed by atoms with E-state index in [1.165, 1.54) is 4.31 Å². The molecule has 1 atom stereocenters. The van der Waals surface area contributed by atoms with Gasteiger partial charge in [0.1, 0.15) is 11.8 Å². The van der Waals surface area contributed by atoms with Gasteiger partial charge in [-0.3, -0.25) is 9.10 Å². The molecule has 7 nitrogen and oxygen atoms in total. The van der Waals surface area contributed by atoms with Crippen LogP contribution in [0.1, 0.15) is 13.8 Å². The Morgan fingerprint density at radius 2 is 1.77 bits per heavy atom. The molecule has 2 aromatic rings. The van der Waals surface area contributed by atoms with E-state index in [-0.39, 0.29) is 5.91 Å². The SMILES string of the molecule is CCOc1ccc(N([C@H](C)C(=O)N2CCN(c3cccc(Cl)c3)CC2)S(C)(=O)=O)cc1. The van der Waals surface area contributed by atoms with E-state index in [0.29, 0.717) is 49.2 Å². The average Bonchev–Trinajstić information content (AvgIpc) is 2.74. The topological polar surface area (TPSA) is 70.2 Å². The van der Waals surface area contributed by atoms with Gasteiger partial charge < -0.3 is 14.5 Å². The van der Waals surface area contributed by atoms with Crippen molar-refractivity contribution in [2.75, 3.05) is 48.2 Å². The van der Waals surface area contributed by atoms with Crippen molar-refractivity contribution in [2.45, 2.75) is 19.9 Å². The number of rotatable bonds is 7. The van der Waals surface area contributed by atoms with Crippen LogP contribution in [0.3, 0.4) is 0 Å². The van der Waals surface area contributed by atoms with Crippen LogP contribution in [0, 0.1) is 0 Å². The molecule has 0 N–H and O–H groups in total. The second-order valence-corrected chi connectivity index (χ2v) is 9.75. The minimum Gasteiger partial charge on any atom is -0.494 e. The van der Waals surface area contributed by atoms with Crippen molar-refractivity contribution in [3.63, 3.8) is 0 Å². The van der Waals surface area contributed by atoms with Crippen LogP contribution < -0.4 is 13.9 Å². The zero-order valence-electron chi connectivity index (χ0n) is 18.0. The van der Waals surface area contributed by atoms with Crippen LogP contribution in [0.25, 0.3) is 0 Å². The third kappa shape index (κ3) is 5.62. The molecule has 168 valence electrons. The van der Waals surface area contributed by atoms with E-state index in [1.807, 2.05) is 31.2 Å². The van der Waals surface area contributed by atoms with Crippen LogP contribution in [0.4, 0.5) is 11.4 Å². The summed E-state index contributed by atoms with van der Waals surface area (Å²) in [5.41, 5.74) is 1.45. The van der Waals surface area contributed by atoms with Crippen LogP contribution in [0.2, 0.25) is 5.02 Å². The Labute approximate surface area is 189 Å². The molecule has 0 aliphatic carbocycles. The minimum atomic E-state index is -3.66. The fourth-order valence-corrected chi connectivity index (χ4v) is 5.13. The van der Waals surface area contributed by atoms with Gasteiger partial charge in [0.15, 0.2) is 0 Å². The molecule has 9 heteroatoms. The second-order valence-electron chi connectivity index (χ2n) is 7.45. The first-order valence-electron chi connectivity index (χ1n) is 10.2. The Bertz CT molecular complexity index is 1010. The Morgan fingerprint density at radius 3 is 2.32 bits per heavy atom. The van der Waals surface area contributed by atoms with Crippen LogP contribution in [0.5, 0.6) is 5.75 Å². The van der Waals surface area contributed by atoms with Gasteiger partial charge in [-0.25, -0.2) is 8.42 Å². The van der Waals surface area contributed by atoms with E-state index in [0.717, 1.165) is 11.9 Å². The van der Waals surface area contributed by atoms with Crippen molar-refractivity contribution in [1.82, 2.24) is 4.90 Å². The number of hydrogen-bond acceptors (Lipinski definition) is 5. The third-order valence-corrected chi connectivity index (χ3v) is 6.71. The minimum absolute atomic E-state index is 0.218. The monoisotopic (exact) mass is 465 g/mol. The lowest BCUT2D eigenvalue weighted by molar-refractivity contribution is -0.132. The Morgan fingerprint density at radius 1 is 1.13 bits per heavy atom. The molecule has 0 saturated carbocycles. The molecular formula is C22H28ClN3O4S. The third-order valence-electron chi connectivity index (χ3n) is 5.23. The van der Waals surface area contributed by atoms with Gasteiger partial charge in [-0.2, -0.15) is 0 Å². The number of sulfonamides is 1. The molecule has 0 spiro atoms. The molecule has 0 radical (unpaired) electrons. The quantitative estimate of drug-likeness (QED) is 0.627. The zero-order chi connectivity index (χ0) is 22.6. The number of anilines is 2. The molecule has 1 aliphatic rings. The molecule has 3 rings (SSSR count). The normalized spacial score (nSPS) is 15.5. The summed E-state index contributed by atoms with van der Waals surface area (Å²) in [6, 6.07) is 13.5. The van der Waals surface area contributed by atoms with Crippen LogP contribution in [-0.2, 0) is 14.8 Å². The molecule has 1 saturated heterocycles. The number of nitrogens with zero attached hydrogens (tertiary/aromatic N) is 3. The Hall–Kier alpha value is -2.45. The first-order valence-corrected chi connectivity index (χ1v) is 12.4. The predicted octanol–water partition coefficient (Wildman–Crippen LogP) is 3.24. The van der Waals surface area contributed by atoms with Crippen molar-refractivity contribution >= 4 is 38.9 Å². The van der Waals surface area contributed by atoms with E-state index < -0.39 is 16.1 Å². The lowest BCUT2D eigenvalue weighted by Gasteiger charge is -2.39. The van der Waals surface area contributed by atoms with Gasteiger partial charge in [0.2, 0.25) is 15.9 Å².